The van der Waals surface area contributed by atoms with E-state index in [2.05, 4.69) is 14.9 Å². The van der Waals surface area contributed by atoms with Crippen LogP contribution < -0.4 is 9.46 Å². The highest BCUT2D eigenvalue weighted by atomic mass is 32.2. The molecule has 120 valence electrons. The maximum Gasteiger partial charge on any atom is 0.244 e. The van der Waals surface area contributed by atoms with Crippen LogP contribution in [0.1, 0.15) is 37.1 Å². The third kappa shape index (κ3) is 3.63. The Labute approximate surface area is 129 Å². The van der Waals surface area contributed by atoms with Crippen molar-refractivity contribution in [1.29, 1.82) is 0 Å². The van der Waals surface area contributed by atoms with Crippen molar-refractivity contribution >= 4 is 10.0 Å². The summed E-state index contributed by atoms with van der Waals surface area (Å²) in [6.07, 6.45) is 0. The first-order valence-electron chi connectivity index (χ1n) is 6.80. The SMILES string of the molecule is COc1ccc(C)cc1S(=O)(=O)NCc1nnc(C(C)C)o1. The highest BCUT2D eigenvalue weighted by Crippen LogP contribution is 2.24. The van der Waals surface area contributed by atoms with Gasteiger partial charge in [-0.1, -0.05) is 19.9 Å². The number of benzene rings is 1. The number of aromatic nitrogens is 2. The monoisotopic (exact) mass is 325 g/mol. The van der Waals surface area contributed by atoms with Crippen molar-refractivity contribution in [1.82, 2.24) is 14.9 Å². The molecule has 2 rings (SSSR count). The number of methoxy groups -OCH3 is 1. The molecular formula is C14H19N3O4S. The van der Waals surface area contributed by atoms with Crippen LogP contribution in [0.15, 0.2) is 27.5 Å². The molecule has 8 heteroatoms. The molecule has 22 heavy (non-hydrogen) atoms. The molecule has 0 aliphatic rings. The van der Waals surface area contributed by atoms with E-state index in [0.717, 1.165) is 5.56 Å². The highest BCUT2D eigenvalue weighted by Gasteiger charge is 2.20. The zero-order chi connectivity index (χ0) is 16.3. The lowest BCUT2D eigenvalue weighted by atomic mass is 10.2. The number of rotatable bonds is 6. The summed E-state index contributed by atoms with van der Waals surface area (Å²) < 4.78 is 37.7. The van der Waals surface area contributed by atoms with E-state index in [1.165, 1.54) is 7.11 Å². The first-order valence-corrected chi connectivity index (χ1v) is 8.28. The summed E-state index contributed by atoms with van der Waals surface area (Å²) in [5.41, 5.74) is 0.820. The molecule has 0 spiro atoms. The number of aryl methyl sites for hydroxylation is 1. The van der Waals surface area contributed by atoms with Gasteiger partial charge < -0.3 is 9.15 Å². The van der Waals surface area contributed by atoms with Crippen molar-refractivity contribution in [2.75, 3.05) is 7.11 Å². The lowest BCUT2D eigenvalue weighted by Crippen LogP contribution is -2.24. The van der Waals surface area contributed by atoms with Gasteiger partial charge in [0.25, 0.3) is 0 Å². The smallest absolute Gasteiger partial charge is 0.244 e. The molecule has 0 amide bonds. The summed E-state index contributed by atoms with van der Waals surface area (Å²) >= 11 is 0. The van der Waals surface area contributed by atoms with Crippen LogP contribution in [-0.2, 0) is 16.6 Å². The summed E-state index contributed by atoms with van der Waals surface area (Å²) in [5.74, 6) is 1.07. The van der Waals surface area contributed by atoms with Crippen molar-refractivity contribution < 1.29 is 17.6 Å². The molecule has 0 aliphatic heterocycles. The maximum absolute atomic E-state index is 12.4. The zero-order valence-electron chi connectivity index (χ0n) is 13.0. The number of ether oxygens (including phenoxy) is 1. The van der Waals surface area contributed by atoms with Gasteiger partial charge in [0.15, 0.2) is 0 Å². The molecule has 1 aromatic heterocycles. The Morgan fingerprint density at radius 3 is 2.64 bits per heavy atom. The van der Waals surface area contributed by atoms with Crippen LogP contribution in [0.2, 0.25) is 0 Å². The molecule has 0 saturated heterocycles. The van der Waals surface area contributed by atoms with Gasteiger partial charge in [0.05, 0.1) is 13.7 Å². The molecule has 0 radical (unpaired) electrons. The van der Waals surface area contributed by atoms with Gasteiger partial charge in [-0.3, -0.25) is 0 Å². The summed E-state index contributed by atoms with van der Waals surface area (Å²) in [6.45, 7) is 5.57. The van der Waals surface area contributed by atoms with Gasteiger partial charge in [-0.2, -0.15) is 0 Å². The molecule has 1 aromatic carbocycles. The molecule has 7 nitrogen and oxygen atoms in total. The molecule has 0 unspecified atom stereocenters. The largest absolute Gasteiger partial charge is 0.495 e. The molecule has 0 saturated carbocycles. The lowest BCUT2D eigenvalue weighted by molar-refractivity contribution is 0.401. The molecular weight excluding hydrogens is 306 g/mol. The predicted molar refractivity (Wildman–Crippen MR) is 80.1 cm³/mol. The fraction of sp³-hybridized carbons (Fsp3) is 0.429. The van der Waals surface area contributed by atoms with Crippen molar-refractivity contribution in [2.24, 2.45) is 0 Å². The van der Waals surface area contributed by atoms with E-state index < -0.39 is 10.0 Å². The van der Waals surface area contributed by atoms with Crippen LogP contribution in [0, 0.1) is 6.92 Å². The standard InChI is InChI=1S/C14H19N3O4S/c1-9(2)14-17-16-13(21-14)8-15-22(18,19)12-7-10(3)5-6-11(12)20-4/h5-7,9,15H,8H2,1-4H3. The van der Waals surface area contributed by atoms with Gasteiger partial charge in [-0.15, -0.1) is 10.2 Å². The topological polar surface area (TPSA) is 94.3 Å². The number of sulfonamides is 1. The number of nitrogens with zero attached hydrogens (tertiary/aromatic N) is 2. The third-order valence-electron chi connectivity index (χ3n) is 3.00. The Bertz CT molecular complexity index is 753. The normalized spacial score (nSPS) is 11.9. The number of nitrogens with one attached hydrogen (secondary N) is 1. The van der Waals surface area contributed by atoms with Crippen molar-refractivity contribution in [3.8, 4) is 5.75 Å². The minimum Gasteiger partial charge on any atom is -0.495 e. The quantitative estimate of drug-likeness (QED) is 0.873. The van der Waals surface area contributed by atoms with Crippen LogP contribution in [-0.4, -0.2) is 25.7 Å². The minimum atomic E-state index is -3.74. The highest BCUT2D eigenvalue weighted by molar-refractivity contribution is 7.89. The van der Waals surface area contributed by atoms with Crippen molar-refractivity contribution in [2.45, 2.75) is 38.1 Å². The van der Waals surface area contributed by atoms with Gasteiger partial charge in [-0.25, -0.2) is 13.1 Å². The van der Waals surface area contributed by atoms with E-state index in [9.17, 15) is 8.42 Å². The Morgan fingerprint density at radius 2 is 2.05 bits per heavy atom. The first-order chi connectivity index (χ1) is 10.3. The van der Waals surface area contributed by atoms with E-state index in [0.29, 0.717) is 5.89 Å². The average molecular weight is 325 g/mol. The Morgan fingerprint density at radius 1 is 1.32 bits per heavy atom. The lowest BCUT2D eigenvalue weighted by Gasteiger charge is -2.10. The van der Waals surface area contributed by atoms with Crippen LogP contribution in [0.3, 0.4) is 0 Å². The van der Waals surface area contributed by atoms with Crippen LogP contribution >= 0.6 is 0 Å². The van der Waals surface area contributed by atoms with Gasteiger partial charge in [-0.05, 0) is 24.6 Å². The Balaban J connectivity index is 2.19. The van der Waals surface area contributed by atoms with Gasteiger partial charge in [0.1, 0.15) is 10.6 Å². The van der Waals surface area contributed by atoms with E-state index in [1.54, 1.807) is 18.2 Å². The van der Waals surface area contributed by atoms with E-state index in [1.807, 2.05) is 20.8 Å². The van der Waals surface area contributed by atoms with Gasteiger partial charge in [0, 0.05) is 5.92 Å². The van der Waals surface area contributed by atoms with E-state index in [4.69, 9.17) is 9.15 Å². The number of hydrogen-bond acceptors (Lipinski definition) is 6. The number of hydrogen-bond donors (Lipinski definition) is 1. The summed E-state index contributed by atoms with van der Waals surface area (Å²) in [4.78, 5) is 0.0820. The summed E-state index contributed by atoms with van der Waals surface area (Å²) in [5, 5.41) is 7.68. The fourth-order valence-corrected chi connectivity index (χ4v) is 3.03. The molecule has 1 heterocycles. The van der Waals surface area contributed by atoms with Gasteiger partial charge in [0.2, 0.25) is 21.8 Å². The molecule has 0 atom stereocenters. The van der Waals surface area contributed by atoms with Crippen LogP contribution in [0.25, 0.3) is 0 Å². The van der Waals surface area contributed by atoms with Crippen molar-refractivity contribution in [3.63, 3.8) is 0 Å². The minimum absolute atomic E-state index is 0.0703. The predicted octanol–water partition coefficient (Wildman–Crippen LogP) is 1.99. The second kappa shape index (κ2) is 6.45. The van der Waals surface area contributed by atoms with Crippen LogP contribution in [0.5, 0.6) is 5.75 Å². The fourth-order valence-electron chi connectivity index (χ4n) is 1.80. The molecule has 2 aromatic rings. The van der Waals surface area contributed by atoms with Gasteiger partial charge >= 0.3 is 0 Å². The molecule has 0 bridgehead atoms. The Hall–Kier alpha value is -1.93. The van der Waals surface area contributed by atoms with Crippen LogP contribution in [0.4, 0.5) is 0 Å². The molecule has 1 N–H and O–H groups in total. The second-order valence-corrected chi connectivity index (χ2v) is 6.90. The van der Waals surface area contributed by atoms with E-state index >= 15 is 0 Å². The molecule has 0 fully saturated rings. The third-order valence-corrected chi connectivity index (χ3v) is 4.42. The second-order valence-electron chi connectivity index (χ2n) is 5.17. The summed E-state index contributed by atoms with van der Waals surface area (Å²) in [6, 6.07) is 4.95. The zero-order valence-corrected chi connectivity index (χ0v) is 13.8. The van der Waals surface area contributed by atoms with Crippen molar-refractivity contribution in [3.05, 3.63) is 35.5 Å². The maximum atomic E-state index is 12.4. The van der Waals surface area contributed by atoms with E-state index in [-0.39, 0.29) is 29.0 Å². The summed E-state index contributed by atoms with van der Waals surface area (Å²) in [7, 11) is -2.31. The molecule has 0 aliphatic carbocycles. The Kier molecular flexibility index (Phi) is 4.82. The first kappa shape index (κ1) is 16.4. The average Bonchev–Trinajstić information content (AvgIpc) is 2.94.